The zero-order chi connectivity index (χ0) is 57.8. The van der Waals surface area contributed by atoms with Crippen LogP contribution in [0.3, 0.4) is 0 Å². The molecule has 6 amide bonds. The number of phenolic OH excluding ortho intramolecular Hbond substituents is 2. The first-order valence-corrected chi connectivity index (χ1v) is 26.6. The first kappa shape index (κ1) is 60.7. The van der Waals surface area contributed by atoms with Gasteiger partial charge >= 0.3 is 0 Å². The van der Waals surface area contributed by atoms with Crippen LogP contribution in [0.1, 0.15) is 149 Å². The summed E-state index contributed by atoms with van der Waals surface area (Å²) < 4.78 is 17.7. The average molecular weight is 1090 g/mol. The lowest BCUT2D eigenvalue weighted by Gasteiger charge is -2.43. The minimum atomic E-state index is -2.44. The quantitative estimate of drug-likeness (QED) is 0.0677. The van der Waals surface area contributed by atoms with E-state index in [2.05, 4.69) is 21.3 Å². The molecule has 10 atom stereocenters. The molecule has 0 radical (unpaired) electrons. The first-order chi connectivity index (χ1) is 36.6. The van der Waals surface area contributed by atoms with Gasteiger partial charge < -0.3 is 70.8 Å². The Morgan fingerprint density at radius 3 is 2.08 bits per heavy atom. The van der Waals surface area contributed by atoms with Gasteiger partial charge in [-0.15, -0.1) is 0 Å². The number of hydrogen-bond donors (Lipinski definition) is 9. The molecule has 0 aromatic heterocycles. The number of nitrogens with zero attached hydrogens (tertiary/aromatic N) is 2. The number of hydrogen-bond acceptors (Lipinski definition) is 17. The lowest BCUT2D eigenvalue weighted by Crippen LogP contribution is -2.60. The second kappa shape index (κ2) is 25.1. The number of ether oxygens (including phenoxy) is 3. The van der Waals surface area contributed by atoms with E-state index in [1.165, 1.54) is 51.1 Å². The molecule has 428 valence electrons. The van der Waals surface area contributed by atoms with Crippen molar-refractivity contribution in [3.05, 3.63) is 51.6 Å². The molecule has 4 aliphatic rings. The van der Waals surface area contributed by atoms with Crippen molar-refractivity contribution in [2.45, 2.75) is 167 Å². The Balaban J connectivity index is 1.18. The predicted molar refractivity (Wildman–Crippen MR) is 278 cm³/mol. The Bertz CT molecular complexity index is 2670. The number of carbonyl (C=O) groups excluding carboxylic acids is 9. The zero-order valence-electron chi connectivity index (χ0n) is 46.0. The fourth-order valence-electron chi connectivity index (χ4n) is 11.0. The molecule has 78 heavy (non-hydrogen) atoms. The number of likely N-dealkylation sites (tertiary alicyclic amines) is 1. The summed E-state index contributed by atoms with van der Waals surface area (Å²) in [5.41, 5.74) is -4.47. The van der Waals surface area contributed by atoms with Crippen molar-refractivity contribution in [1.82, 2.24) is 31.1 Å². The molecule has 0 unspecified atom stereocenters. The molecule has 2 aliphatic heterocycles. The Morgan fingerprint density at radius 2 is 1.47 bits per heavy atom. The zero-order valence-corrected chi connectivity index (χ0v) is 46.0. The van der Waals surface area contributed by atoms with E-state index in [9.17, 15) is 68.7 Å². The van der Waals surface area contributed by atoms with Crippen LogP contribution in [-0.2, 0) is 49.5 Å². The highest BCUT2D eigenvalue weighted by Gasteiger charge is 2.51. The molecule has 2 aromatic rings. The highest BCUT2D eigenvalue weighted by molar-refractivity contribution is 6.31. The SMILES string of the molecule is COc1cccc2c1C(=O)c1c(O)c3c(c(O)c1C2=O)C[C@@](O)(C(=O)CO)C[C@@H]3O[C@H]1C[C@H](NC(=O)[C@H](CC(C)C)NC(=O)[C@H](CC(C)C)NC(=O)CN(C)C(=O)[C@H](CC(C)C)NC(=O)[C@@H]2CCCN2C(C)=O)[C@H](O)[C@H](C)O1. The third-order valence-electron chi connectivity index (χ3n) is 14.8. The first-order valence-electron chi connectivity index (χ1n) is 26.6. The van der Waals surface area contributed by atoms with E-state index in [1.807, 2.05) is 41.5 Å². The van der Waals surface area contributed by atoms with E-state index in [-0.39, 0.29) is 77.3 Å². The van der Waals surface area contributed by atoms with Crippen molar-refractivity contribution < 1.29 is 82.9 Å². The van der Waals surface area contributed by atoms with Gasteiger partial charge in [0.2, 0.25) is 41.2 Å². The molecule has 2 aromatic carbocycles. The minimum absolute atomic E-state index is 0.0196. The molecule has 6 rings (SSSR count). The number of aliphatic hydroxyl groups excluding tert-OH is 2. The van der Waals surface area contributed by atoms with Crippen molar-refractivity contribution in [3.63, 3.8) is 0 Å². The van der Waals surface area contributed by atoms with Crippen molar-refractivity contribution >= 4 is 52.8 Å². The Kier molecular flexibility index (Phi) is 19.5. The van der Waals surface area contributed by atoms with Crippen LogP contribution in [-0.4, -0.2) is 176 Å². The highest BCUT2D eigenvalue weighted by atomic mass is 16.7. The van der Waals surface area contributed by atoms with Gasteiger partial charge in [0.1, 0.15) is 59.7 Å². The predicted octanol–water partition coefficient (Wildman–Crippen LogP) is 1.22. The number of aliphatic hydroxyl groups is 3. The van der Waals surface area contributed by atoms with Crippen molar-refractivity contribution in [2.24, 2.45) is 17.8 Å². The fraction of sp³-hybridized carbons (Fsp3) is 0.618. The molecule has 2 aliphatic carbocycles. The molecule has 23 nitrogen and oxygen atoms in total. The van der Waals surface area contributed by atoms with E-state index in [4.69, 9.17) is 14.2 Å². The fourth-order valence-corrected chi connectivity index (χ4v) is 11.0. The Morgan fingerprint density at radius 1 is 0.859 bits per heavy atom. The van der Waals surface area contributed by atoms with Gasteiger partial charge in [0.15, 0.2) is 17.9 Å². The average Bonchev–Trinajstić information content (AvgIpc) is 4.03. The number of fused-ring (bicyclic) bond motifs is 3. The van der Waals surface area contributed by atoms with Gasteiger partial charge in [-0.1, -0.05) is 53.7 Å². The van der Waals surface area contributed by atoms with Crippen LogP contribution < -0.4 is 26.0 Å². The van der Waals surface area contributed by atoms with Gasteiger partial charge in [-0.05, 0) is 62.8 Å². The normalized spacial score (nSPS) is 23.9. The van der Waals surface area contributed by atoms with Crippen LogP contribution in [0.5, 0.6) is 17.2 Å². The summed E-state index contributed by atoms with van der Waals surface area (Å²) in [6.07, 6.45) is -5.52. The van der Waals surface area contributed by atoms with Gasteiger partial charge in [0.05, 0.1) is 48.6 Å². The highest BCUT2D eigenvalue weighted by Crippen LogP contribution is 2.52. The minimum Gasteiger partial charge on any atom is -0.507 e. The van der Waals surface area contributed by atoms with E-state index < -0.39 is 156 Å². The lowest BCUT2D eigenvalue weighted by atomic mass is 9.72. The maximum atomic E-state index is 14.3. The van der Waals surface area contributed by atoms with Crippen LogP contribution in [0, 0.1) is 17.8 Å². The third kappa shape index (κ3) is 13.1. The molecular weight excluding hydrogens is 1020 g/mol. The summed E-state index contributed by atoms with van der Waals surface area (Å²) in [7, 11) is 2.68. The molecule has 2 saturated heterocycles. The van der Waals surface area contributed by atoms with E-state index >= 15 is 0 Å². The molecule has 9 N–H and O–H groups in total. The second-order valence-corrected chi connectivity index (χ2v) is 22.3. The maximum absolute atomic E-state index is 14.3. The van der Waals surface area contributed by atoms with Crippen LogP contribution in [0.2, 0.25) is 0 Å². The summed E-state index contributed by atoms with van der Waals surface area (Å²) in [4.78, 5) is 125. The molecule has 0 spiro atoms. The Hall–Kier alpha value is -6.53. The van der Waals surface area contributed by atoms with Gasteiger partial charge in [0, 0.05) is 56.5 Å². The summed E-state index contributed by atoms with van der Waals surface area (Å²) in [5, 5.41) is 67.9. The Labute approximate surface area is 453 Å². The monoisotopic (exact) mass is 1090 g/mol. The van der Waals surface area contributed by atoms with Gasteiger partial charge in [-0.3, -0.25) is 43.2 Å². The number of rotatable bonds is 21. The number of aromatic hydroxyl groups is 2. The molecular formula is C55H76N6O17. The van der Waals surface area contributed by atoms with E-state index in [0.717, 1.165) is 4.90 Å². The summed E-state index contributed by atoms with van der Waals surface area (Å²) in [6.45, 7) is 12.7. The standard InChI is InChI=1S/C55H76N6O17/c1-25(2)17-33(56-40(65)23-60(9)54(74)35(19-27(5)6)59-53(73)36-14-12-16-61(36)29(8)63)51(71)58-34(18-26(3)4)52(72)57-32-20-41(77-28(7)46(32)66)78-38-22-55(75,39(64)24-62)21-31-43(38)50(70)45-44(48(31)68)47(67)30-13-11-15-37(76-10)42(30)49(45)69/h11,13,15,25-28,32-36,38,41,46,62,66,68,70,75H,12,14,16-24H2,1-10H3,(H,56,65)(H,57,72)(H,58,71)(H,59,73)/t28-,32-,33-,34-,35-,36-,38-,41-,46+,55-/m0/s1. The second-order valence-electron chi connectivity index (χ2n) is 22.3. The molecule has 0 saturated carbocycles. The lowest BCUT2D eigenvalue weighted by molar-refractivity contribution is -0.249. The van der Waals surface area contributed by atoms with Crippen LogP contribution in [0.15, 0.2) is 18.2 Å². The van der Waals surface area contributed by atoms with Gasteiger partial charge in [-0.2, -0.15) is 0 Å². The number of likely N-dealkylation sites (N-methyl/N-ethyl adjacent to an activating group) is 1. The van der Waals surface area contributed by atoms with Crippen molar-refractivity contribution in [2.75, 3.05) is 33.9 Å². The summed E-state index contributed by atoms with van der Waals surface area (Å²) in [5.74, 6) is -8.12. The number of benzene rings is 2. The molecule has 0 bridgehead atoms. The van der Waals surface area contributed by atoms with E-state index in [1.54, 1.807) is 0 Å². The molecule has 2 heterocycles. The number of ketones is 3. The largest absolute Gasteiger partial charge is 0.507 e. The van der Waals surface area contributed by atoms with Crippen LogP contribution in [0.4, 0.5) is 0 Å². The van der Waals surface area contributed by atoms with Gasteiger partial charge in [0.25, 0.3) is 0 Å². The van der Waals surface area contributed by atoms with Crippen LogP contribution >= 0.6 is 0 Å². The third-order valence-corrected chi connectivity index (χ3v) is 14.8. The topological polar surface area (TPSA) is 337 Å². The van der Waals surface area contributed by atoms with Crippen molar-refractivity contribution in [3.8, 4) is 17.2 Å². The number of methoxy groups -OCH3 is 1. The number of amides is 6. The molecule has 23 heteroatoms. The molecule has 2 fully saturated rings. The number of Topliss-reactive ketones (excluding diaryl/α,β-unsaturated/α-hetero) is 1. The van der Waals surface area contributed by atoms with Gasteiger partial charge in [-0.25, -0.2) is 0 Å². The number of phenols is 2. The maximum Gasteiger partial charge on any atom is 0.245 e. The van der Waals surface area contributed by atoms with E-state index in [0.29, 0.717) is 19.4 Å². The summed E-state index contributed by atoms with van der Waals surface area (Å²) >= 11 is 0. The van der Waals surface area contributed by atoms with Crippen molar-refractivity contribution in [1.29, 1.82) is 0 Å². The summed E-state index contributed by atoms with van der Waals surface area (Å²) in [6, 6.07) is -1.03. The van der Waals surface area contributed by atoms with Crippen LogP contribution in [0.25, 0.3) is 0 Å². The number of nitrogens with one attached hydrogen (secondary N) is 4. The smallest absolute Gasteiger partial charge is 0.245 e. The number of carbonyl (C=O) groups is 9.